The Labute approximate surface area is 103 Å². The van der Waals surface area contributed by atoms with Gasteiger partial charge in [0.2, 0.25) is 0 Å². The lowest BCUT2D eigenvalue weighted by Gasteiger charge is -2.12. The van der Waals surface area contributed by atoms with Gasteiger partial charge in [-0.25, -0.2) is 0 Å². The molecule has 88 valence electrons. The van der Waals surface area contributed by atoms with Gasteiger partial charge in [0.05, 0.1) is 5.02 Å². The molecule has 0 aliphatic heterocycles. The highest BCUT2D eigenvalue weighted by Crippen LogP contribution is 2.50. The highest BCUT2D eigenvalue weighted by atomic mass is 35.5. The van der Waals surface area contributed by atoms with E-state index in [1.54, 1.807) is 0 Å². The number of hydrogen-bond donors (Lipinski definition) is 0. The van der Waals surface area contributed by atoms with Gasteiger partial charge in [-0.15, -0.1) is 0 Å². The quantitative estimate of drug-likeness (QED) is 0.792. The highest BCUT2D eigenvalue weighted by molar-refractivity contribution is 7.72. The van der Waals surface area contributed by atoms with Gasteiger partial charge < -0.3 is 9.05 Å². The van der Waals surface area contributed by atoms with Crippen molar-refractivity contribution in [1.82, 2.24) is 0 Å². The Morgan fingerprint density at radius 2 is 1.81 bits per heavy atom. The zero-order valence-electron chi connectivity index (χ0n) is 8.57. The highest BCUT2D eigenvalue weighted by Gasteiger charge is 2.34. The topological polar surface area (TPSA) is 52.6 Å². The van der Waals surface area contributed by atoms with Gasteiger partial charge in [-0.05, 0) is 18.2 Å². The summed E-state index contributed by atoms with van der Waals surface area (Å²) in [5.74, 6) is 0. The fourth-order valence-electron chi connectivity index (χ4n) is 1.05. The maximum Gasteiger partial charge on any atom is 0.401 e. The summed E-state index contributed by atoms with van der Waals surface area (Å²) in [6.45, 7) is 0. The molecule has 0 atom stereocenters. The molecule has 0 heterocycles. The average Bonchev–Trinajstić information content (AvgIpc) is 2.27. The smallest absolute Gasteiger partial charge is 0.306 e. The lowest BCUT2D eigenvalue weighted by Crippen LogP contribution is -2.04. The molecular formula is C9H9Cl2O4P. The summed E-state index contributed by atoms with van der Waals surface area (Å²) in [4.78, 5) is 11.8. The van der Waals surface area contributed by atoms with Gasteiger partial charge in [0, 0.05) is 24.8 Å². The van der Waals surface area contributed by atoms with E-state index in [1.165, 1.54) is 18.2 Å². The summed E-state index contributed by atoms with van der Waals surface area (Å²) in [6.07, 6.45) is 0. The molecule has 7 heteroatoms. The molecule has 1 aromatic rings. The number of carbonyl (C=O) groups excluding carboxylic acids is 1. The van der Waals surface area contributed by atoms with Crippen molar-refractivity contribution in [2.45, 2.75) is 0 Å². The number of hydrogen-bond acceptors (Lipinski definition) is 4. The van der Waals surface area contributed by atoms with E-state index in [9.17, 15) is 9.36 Å². The summed E-state index contributed by atoms with van der Waals surface area (Å²) in [7, 11) is -1.54. The van der Waals surface area contributed by atoms with Crippen LogP contribution in [0.15, 0.2) is 18.2 Å². The zero-order valence-corrected chi connectivity index (χ0v) is 11.0. The van der Waals surface area contributed by atoms with Crippen LogP contribution in [0.4, 0.5) is 0 Å². The van der Waals surface area contributed by atoms with Crippen molar-refractivity contribution in [2.24, 2.45) is 0 Å². The van der Waals surface area contributed by atoms with Crippen LogP contribution in [0.5, 0.6) is 0 Å². The van der Waals surface area contributed by atoms with Crippen molar-refractivity contribution >= 4 is 36.3 Å². The van der Waals surface area contributed by atoms with Gasteiger partial charge in [0.25, 0.3) is 5.52 Å². The van der Waals surface area contributed by atoms with Gasteiger partial charge in [-0.3, -0.25) is 9.36 Å². The number of rotatable bonds is 4. The Bertz CT molecular complexity index is 453. The van der Waals surface area contributed by atoms with Crippen LogP contribution in [0.3, 0.4) is 0 Å². The van der Waals surface area contributed by atoms with E-state index in [4.69, 9.17) is 23.2 Å². The van der Waals surface area contributed by atoms with E-state index in [0.717, 1.165) is 14.2 Å². The van der Waals surface area contributed by atoms with Gasteiger partial charge >= 0.3 is 7.60 Å². The molecule has 0 spiro atoms. The van der Waals surface area contributed by atoms with E-state index in [0.29, 0.717) is 5.02 Å². The van der Waals surface area contributed by atoms with Gasteiger partial charge in [0.1, 0.15) is 0 Å². The third-order valence-electron chi connectivity index (χ3n) is 1.89. The average molecular weight is 283 g/mol. The van der Waals surface area contributed by atoms with Crippen molar-refractivity contribution in [3.8, 4) is 0 Å². The van der Waals surface area contributed by atoms with Gasteiger partial charge in [-0.2, -0.15) is 0 Å². The molecule has 0 unspecified atom stereocenters. The minimum Gasteiger partial charge on any atom is -0.306 e. The second-order valence-electron chi connectivity index (χ2n) is 2.79. The lowest BCUT2D eigenvalue weighted by molar-refractivity contribution is 0.102. The molecule has 0 saturated carbocycles. The fourth-order valence-corrected chi connectivity index (χ4v) is 2.58. The molecule has 0 fully saturated rings. The van der Waals surface area contributed by atoms with Crippen molar-refractivity contribution < 1.29 is 18.4 Å². The Morgan fingerprint density at radius 1 is 1.25 bits per heavy atom. The van der Waals surface area contributed by atoms with Crippen molar-refractivity contribution in [1.29, 1.82) is 0 Å². The van der Waals surface area contributed by atoms with Crippen molar-refractivity contribution in [3.63, 3.8) is 0 Å². The SMILES string of the molecule is COP(=O)(OC)C(=O)c1ccc(Cl)cc1Cl. The molecule has 0 saturated heterocycles. The lowest BCUT2D eigenvalue weighted by atomic mass is 10.2. The third-order valence-corrected chi connectivity index (χ3v) is 4.14. The molecule has 0 aliphatic rings. The Kier molecular flexibility index (Phi) is 4.53. The first-order chi connectivity index (χ1) is 7.44. The molecule has 0 radical (unpaired) electrons. The minimum atomic E-state index is -3.80. The largest absolute Gasteiger partial charge is 0.401 e. The summed E-state index contributed by atoms with van der Waals surface area (Å²) >= 11 is 11.5. The van der Waals surface area contributed by atoms with Crippen LogP contribution in [-0.2, 0) is 13.6 Å². The first-order valence-corrected chi connectivity index (χ1v) is 6.46. The second kappa shape index (κ2) is 5.30. The first-order valence-electron chi connectivity index (χ1n) is 4.16. The standard InChI is InChI=1S/C9H9Cl2O4P/c1-14-16(13,15-2)9(12)7-4-3-6(10)5-8(7)11/h3-5H,1-2H3. The molecule has 0 aliphatic carbocycles. The Morgan fingerprint density at radius 3 is 2.25 bits per heavy atom. The van der Waals surface area contributed by atoms with Gasteiger partial charge in [0.15, 0.2) is 0 Å². The maximum absolute atomic E-state index is 11.8. The van der Waals surface area contributed by atoms with Crippen LogP contribution in [0.25, 0.3) is 0 Å². The van der Waals surface area contributed by atoms with Gasteiger partial charge in [-0.1, -0.05) is 23.2 Å². The molecule has 1 rings (SSSR count). The van der Waals surface area contributed by atoms with Crippen molar-refractivity contribution in [2.75, 3.05) is 14.2 Å². The first kappa shape index (κ1) is 13.7. The summed E-state index contributed by atoms with van der Waals surface area (Å²) in [5.41, 5.74) is -0.739. The van der Waals surface area contributed by atoms with E-state index in [-0.39, 0.29) is 10.6 Å². The Hall–Kier alpha value is -0.380. The normalized spacial score (nSPS) is 11.5. The van der Waals surface area contributed by atoms with Crippen LogP contribution in [-0.4, -0.2) is 19.7 Å². The number of carbonyl (C=O) groups is 1. The second-order valence-corrected chi connectivity index (χ2v) is 5.77. The van der Waals surface area contributed by atoms with Crippen LogP contribution in [0.2, 0.25) is 10.0 Å². The number of benzene rings is 1. The Balaban J connectivity index is 3.20. The number of halogens is 2. The van der Waals surface area contributed by atoms with E-state index >= 15 is 0 Å². The predicted octanol–water partition coefficient (Wildman–Crippen LogP) is 3.62. The summed E-state index contributed by atoms with van der Waals surface area (Å²) < 4.78 is 21.0. The molecule has 1 aromatic carbocycles. The molecule has 0 amide bonds. The molecular weight excluding hydrogens is 274 g/mol. The van der Waals surface area contributed by atoms with Crippen LogP contribution in [0.1, 0.15) is 10.4 Å². The molecule has 4 nitrogen and oxygen atoms in total. The van der Waals surface area contributed by atoms with Crippen molar-refractivity contribution in [3.05, 3.63) is 33.8 Å². The maximum atomic E-state index is 11.8. The molecule has 16 heavy (non-hydrogen) atoms. The van der Waals surface area contributed by atoms with Crippen LogP contribution < -0.4 is 0 Å². The van der Waals surface area contributed by atoms with E-state index < -0.39 is 13.1 Å². The predicted molar refractivity (Wildman–Crippen MR) is 62.4 cm³/mol. The molecule has 0 bridgehead atoms. The molecule has 0 aromatic heterocycles. The minimum absolute atomic E-state index is 0.0538. The van der Waals surface area contributed by atoms with E-state index in [1.807, 2.05) is 0 Å². The molecule has 0 N–H and O–H groups in total. The third kappa shape index (κ3) is 2.65. The van der Waals surface area contributed by atoms with E-state index in [2.05, 4.69) is 9.05 Å². The summed E-state index contributed by atoms with van der Waals surface area (Å²) in [6, 6.07) is 4.22. The zero-order chi connectivity index (χ0) is 12.3. The van der Waals surface area contributed by atoms with Crippen LogP contribution in [0, 0.1) is 0 Å². The monoisotopic (exact) mass is 282 g/mol. The fraction of sp³-hybridized carbons (Fsp3) is 0.222. The summed E-state index contributed by atoms with van der Waals surface area (Å²) in [5, 5.41) is 0.484. The van der Waals surface area contributed by atoms with Crippen LogP contribution >= 0.6 is 30.8 Å².